The van der Waals surface area contributed by atoms with Gasteiger partial charge in [0.05, 0.1) is 0 Å². The van der Waals surface area contributed by atoms with Crippen molar-refractivity contribution >= 4 is 10.2 Å². The van der Waals surface area contributed by atoms with Gasteiger partial charge in [0, 0.05) is 24.9 Å². The highest BCUT2D eigenvalue weighted by molar-refractivity contribution is 7.87. The third-order valence-electron chi connectivity index (χ3n) is 2.08. The van der Waals surface area contributed by atoms with Gasteiger partial charge in [0.1, 0.15) is 0 Å². The second-order valence-corrected chi connectivity index (χ2v) is 6.50. The van der Waals surface area contributed by atoms with E-state index in [1.165, 1.54) is 0 Å². The Labute approximate surface area is 108 Å². The first-order valence-corrected chi connectivity index (χ1v) is 7.30. The fourth-order valence-electron chi connectivity index (χ4n) is 1.20. The van der Waals surface area contributed by atoms with Gasteiger partial charge in [-0.1, -0.05) is 32.9 Å². The Hall–Kier alpha value is -0.990. The molecule has 0 amide bonds. The molecule has 1 heterocycles. The number of nitrogens with zero attached hydrogens (tertiary/aromatic N) is 2. The molecule has 104 valence electrons. The van der Waals surface area contributed by atoms with E-state index in [-0.39, 0.29) is 12.0 Å². The van der Waals surface area contributed by atoms with Gasteiger partial charge < -0.3 is 4.52 Å². The predicted molar refractivity (Wildman–Crippen MR) is 67.3 cm³/mol. The minimum atomic E-state index is -3.41. The van der Waals surface area contributed by atoms with Crippen molar-refractivity contribution in [1.29, 1.82) is 0 Å². The van der Waals surface area contributed by atoms with Gasteiger partial charge in [-0.15, -0.1) is 0 Å². The van der Waals surface area contributed by atoms with E-state index in [2.05, 4.69) is 19.6 Å². The van der Waals surface area contributed by atoms with Gasteiger partial charge in [-0.25, -0.2) is 9.44 Å². The normalized spacial score (nSPS) is 12.9. The van der Waals surface area contributed by atoms with Crippen LogP contribution in [0.1, 0.15) is 39.4 Å². The van der Waals surface area contributed by atoms with Crippen LogP contribution in [0.4, 0.5) is 0 Å². The van der Waals surface area contributed by atoms with Gasteiger partial charge in [-0.3, -0.25) is 0 Å². The molecule has 0 bridgehead atoms. The van der Waals surface area contributed by atoms with Crippen LogP contribution in [0.3, 0.4) is 0 Å². The van der Waals surface area contributed by atoms with Crippen molar-refractivity contribution in [3.05, 3.63) is 11.7 Å². The Morgan fingerprint density at radius 3 is 2.44 bits per heavy atom. The highest BCUT2D eigenvalue weighted by Crippen LogP contribution is 2.19. The molecule has 2 N–H and O–H groups in total. The van der Waals surface area contributed by atoms with E-state index in [4.69, 9.17) is 4.52 Å². The zero-order chi connectivity index (χ0) is 13.8. The molecular weight excluding hydrogens is 256 g/mol. The molecular formula is C10H20N4O3S. The van der Waals surface area contributed by atoms with Crippen LogP contribution < -0.4 is 9.44 Å². The van der Waals surface area contributed by atoms with E-state index in [0.717, 1.165) is 0 Å². The summed E-state index contributed by atoms with van der Waals surface area (Å²) >= 11 is 0. The van der Waals surface area contributed by atoms with Crippen molar-refractivity contribution in [1.82, 2.24) is 19.6 Å². The lowest BCUT2D eigenvalue weighted by Crippen LogP contribution is -2.37. The van der Waals surface area contributed by atoms with Gasteiger partial charge in [0.25, 0.3) is 10.2 Å². The summed E-state index contributed by atoms with van der Waals surface area (Å²) in [6, 6.07) is 0. The van der Waals surface area contributed by atoms with Gasteiger partial charge in [-0.2, -0.15) is 13.4 Å². The summed E-state index contributed by atoms with van der Waals surface area (Å²) < 4.78 is 32.4. The van der Waals surface area contributed by atoms with E-state index in [1.807, 2.05) is 20.8 Å². The Morgan fingerprint density at radius 2 is 1.94 bits per heavy atom. The summed E-state index contributed by atoms with van der Waals surface area (Å²) in [7, 11) is -3.41. The van der Waals surface area contributed by atoms with E-state index in [9.17, 15) is 8.42 Å². The molecule has 1 aromatic heterocycles. The molecule has 0 aliphatic heterocycles. The Kier molecular flexibility index (Phi) is 4.83. The largest absolute Gasteiger partial charge is 0.339 e. The summed E-state index contributed by atoms with van der Waals surface area (Å²) in [5.74, 6) is 1.05. The Bertz CT molecular complexity index is 476. The summed E-state index contributed by atoms with van der Waals surface area (Å²) in [6.07, 6.45) is 0.393. The standard InChI is InChI=1S/C10H20N4O3S/c1-5-11-18(15,16)12-7-6-8-13-9(17-14-8)10(2,3)4/h11-12H,5-7H2,1-4H3. The zero-order valence-electron chi connectivity index (χ0n) is 11.1. The number of rotatable bonds is 6. The second-order valence-electron chi connectivity index (χ2n) is 4.91. The summed E-state index contributed by atoms with van der Waals surface area (Å²) in [4.78, 5) is 4.21. The van der Waals surface area contributed by atoms with Crippen molar-refractivity contribution in [2.24, 2.45) is 0 Å². The fraction of sp³-hybridized carbons (Fsp3) is 0.800. The van der Waals surface area contributed by atoms with Crippen LogP contribution in [0, 0.1) is 0 Å². The Morgan fingerprint density at radius 1 is 1.28 bits per heavy atom. The molecule has 18 heavy (non-hydrogen) atoms. The van der Waals surface area contributed by atoms with E-state index >= 15 is 0 Å². The minimum Gasteiger partial charge on any atom is -0.339 e. The molecule has 0 spiro atoms. The number of hydrogen-bond acceptors (Lipinski definition) is 5. The van der Waals surface area contributed by atoms with Crippen molar-refractivity contribution in [2.45, 2.75) is 39.5 Å². The first-order valence-electron chi connectivity index (χ1n) is 5.82. The number of hydrogen-bond donors (Lipinski definition) is 2. The van der Waals surface area contributed by atoms with Crippen molar-refractivity contribution in [3.63, 3.8) is 0 Å². The first-order chi connectivity index (χ1) is 8.24. The van der Waals surface area contributed by atoms with E-state index in [1.54, 1.807) is 6.92 Å². The van der Waals surface area contributed by atoms with E-state index < -0.39 is 10.2 Å². The van der Waals surface area contributed by atoms with Crippen LogP contribution in [0.15, 0.2) is 4.52 Å². The van der Waals surface area contributed by atoms with Crippen LogP contribution in [-0.4, -0.2) is 31.6 Å². The molecule has 0 atom stereocenters. The van der Waals surface area contributed by atoms with E-state index in [0.29, 0.717) is 24.7 Å². The van der Waals surface area contributed by atoms with Crippen LogP contribution in [0.2, 0.25) is 0 Å². The third kappa shape index (κ3) is 4.71. The lowest BCUT2D eigenvalue weighted by Gasteiger charge is -2.10. The van der Waals surface area contributed by atoms with Crippen LogP contribution in [-0.2, 0) is 22.0 Å². The van der Waals surface area contributed by atoms with Crippen LogP contribution in [0.25, 0.3) is 0 Å². The highest BCUT2D eigenvalue weighted by Gasteiger charge is 2.21. The first kappa shape index (κ1) is 15.1. The maximum absolute atomic E-state index is 11.3. The molecule has 0 unspecified atom stereocenters. The number of nitrogens with one attached hydrogen (secondary N) is 2. The number of aromatic nitrogens is 2. The molecule has 0 fully saturated rings. The molecule has 0 radical (unpaired) electrons. The Balaban J connectivity index is 2.48. The van der Waals surface area contributed by atoms with Crippen LogP contribution in [0.5, 0.6) is 0 Å². The van der Waals surface area contributed by atoms with Gasteiger partial charge in [0.2, 0.25) is 5.89 Å². The molecule has 0 aliphatic carbocycles. The topological polar surface area (TPSA) is 97.1 Å². The molecule has 0 saturated heterocycles. The quantitative estimate of drug-likeness (QED) is 0.781. The van der Waals surface area contributed by atoms with Gasteiger partial charge >= 0.3 is 0 Å². The van der Waals surface area contributed by atoms with Crippen molar-refractivity contribution in [2.75, 3.05) is 13.1 Å². The maximum Gasteiger partial charge on any atom is 0.276 e. The molecule has 1 aromatic rings. The fourth-order valence-corrected chi connectivity index (χ4v) is 2.05. The lowest BCUT2D eigenvalue weighted by atomic mass is 9.97. The molecule has 7 nitrogen and oxygen atoms in total. The van der Waals surface area contributed by atoms with Crippen LogP contribution >= 0.6 is 0 Å². The van der Waals surface area contributed by atoms with Gasteiger partial charge in [-0.05, 0) is 0 Å². The third-order valence-corrected chi connectivity index (χ3v) is 3.34. The summed E-state index contributed by atoms with van der Waals surface area (Å²) in [5, 5.41) is 3.81. The molecule has 0 aromatic carbocycles. The highest BCUT2D eigenvalue weighted by atomic mass is 32.2. The molecule has 1 rings (SSSR count). The zero-order valence-corrected chi connectivity index (χ0v) is 12.0. The second kappa shape index (κ2) is 5.77. The van der Waals surface area contributed by atoms with Gasteiger partial charge in [0.15, 0.2) is 5.82 Å². The molecule has 0 saturated carbocycles. The average molecular weight is 276 g/mol. The smallest absolute Gasteiger partial charge is 0.276 e. The monoisotopic (exact) mass is 276 g/mol. The summed E-state index contributed by atoms with van der Waals surface area (Å²) in [5.41, 5.74) is -0.200. The van der Waals surface area contributed by atoms with Crippen molar-refractivity contribution < 1.29 is 12.9 Å². The average Bonchev–Trinajstić information content (AvgIpc) is 2.65. The predicted octanol–water partition coefficient (Wildman–Crippen LogP) is 0.353. The molecule has 0 aliphatic rings. The molecule has 8 heteroatoms. The maximum atomic E-state index is 11.3. The SMILES string of the molecule is CCNS(=O)(=O)NCCc1noc(C(C)(C)C)n1. The van der Waals surface area contributed by atoms with Crippen molar-refractivity contribution in [3.8, 4) is 0 Å². The minimum absolute atomic E-state index is 0.200. The lowest BCUT2D eigenvalue weighted by molar-refractivity contribution is 0.318. The summed E-state index contributed by atoms with van der Waals surface area (Å²) in [6.45, 7) is 8.21.